The number of ether oxygens (including phenoxy) is 1. The van der Waals surface area contributed by atoms with E-state index in [0.717, 1.165) is 22.0 Å². The Morgan fingerprint density at radius 3 is 2.68 bits per heavy atom. The van der Waals surface area contributed by atoms with Gasteiger partial charge in [-0.2, -0.15) is 0 Å². The first-order chi connectivity index (χ1) is 15.2. The van der Waals surface area contributed by atoms with E-state index in [0.29, 0.717) is 22.7 Å². The van der Waals surface area contributed by atoms with Crippen molar-refractivity contribution in [3.05, 3.63) is 48.7 Å². The molecule has 0 unspecified atom stereocenters. The number of hydrogen-bond donors (Lipinski definition) is 1. The van der Waals surface area contributed by atoms with Gasteiger partial charge in [0.15, 0.2) is 11.0 Å². The van der Waals surface area contributed by atoms with Crippen molar-refractivity contribution in [2.45, 2.75) is 18.6 Å². The largest absolute Gasteiger partial charge is 0.497 e. The summed E-state index contributed by atoms with van der Waals surface area (Å²) < 4.78 is 7.10. The van der Waals surface area contributed by atoms with Crippen molar-refractivity contribution in [3.8, 4) is 27.8 Å². The molecule has 1 aromatic carbocycles. The van der Waals surface area contributed by atoms with E-state index in [1.54, 1.807) is 13.3 Å². The second-order valence-electron chi connectivity index (χ2n) is 6.24. The second-order valence-corrected chi connectivity index (χ2v) is 8.16. The molecule has 0 aliphatic rings. The summed E-state index contributed by atoms with van der Waals surface area (Å²) in [5, 5.41) is 21.3. The minimum atomic E-state index is -0.188. The normalized spacial score (nSPS) is 10.8. The van der Waals surface area contributed by atoms with Gasteiger partial charge in [0.05, 0.1) is 12.9 Å². The summed E-state index contributed by atoms with van der Waals surface area (Å²) in [6, 6.07) is 13.1. The lowest BCUT2D eigenvalue weighted by molar-refractivity contribution is -0.113. The minimum absolute atomic E-state index is 0.178. The number of amides is 1. The molecule has 0 atom stereocenters. The highest BCUT2D eigenvalue weighted by atomic mass is 32.2. The lowest BCUT2D eigenvalue weighted by Gasteiger charge is -2.06. The van der Waals surface area contributed by atoms with Crippen molar-refractivity contribution in [2.75, 3.05) is 18.2 Å². The van der Waals surface area contributed by atoms with Gasteiger partial charge >= 0.3 is 0 Å². The smallest absolute Gasteiger partial charge is 0.236 e. The number of anilines is 1. The van der Waals surface area contributed by atoms with Crippen LogP contribution < -0.4 is 10.1 Å². The zero-order chi connectivity index (χ0) is 21.6. The average Bonchev–Trinajstić information content (AvgIpc) is 3.45. The fourth-order valence-corrected chi connectivity index (χ4v) is 4.34. The van der Waals surface area contributed by atoms with Crippen LogP contribution in [0.3, 0.4) is 0 Å². The number of carbonyl (C=O) groups is 1. The van der Waals surface area contributed by atoms with Crippen LogP contribution in [0, 0.1) is 0 Å². The van der Waals surface area contributed by atoms with Crippen LogP contribution in [-0.2, 0) is 11.3 Å². The standard InChI is InChI=1S/C20H19N7O2S2/c1-3-27-17(15-6-4-5-11-21-15)23-26-20(27)30-12-16(28)22-19-25-24-18(31-19)13-7-9-14(29-2)10-8-13/h4-11H,3,12H2,1-2H3,(H,22,25,28). The quantitative estimate of drug-likeness (QED) is 0.403. The first-order valence-corrected chi connectivity index (χ1v) is 11.2. The number of pyridine rings is 1. The van der Waals surface area contributed by atoms with Gasteiger partial charge in [-0.05, 0) is 43.3 Å². The molecule has 3 heterocycles. The number of carbonyl (C=O) groups excluding carboxylic acids is 1. The molecule has 0 saturated carbocycles. The molecule has 0 saturated heterocycles. The third-order valence-electron chi connectivity index (χ3n) is 4.27. The molecule has 0 aliphatic carbocycles. The highest BCUT2D eigenvalue weighted by molar-refractivity contribution is 7.99. The fraction of sp³-hybridized carbons (Fsp3) is 0.200. The van der Waals surface area contributed by atoms with Crippen LogP contribution in [0.25, 0.3) is 22.1 Å². The van der Waals surface area contributed by atoms with Crippen LogP contribution in [-0.4, -0.2) is 48.7 Å². The van der Waals surface area contributed by atoms with Crippen LogP contribution in [0.5, 0.6) is 5.75 Å². The number of rotatable bonds is 8. The predicted molar refractivity (Wildman–Crippen MR) is 120 cm³/mol. The monoisotopic (exact) mass is 453 g/mol. The van der Waals surface area contributed by atoms with Crippen LogP contribution in [0.2, 0.25) is 0 Å². The number of nitrogens with one attached hydrogen (secondary N) is 1. The summed E-state index contributed by atoms with van der Waals surface area (Å²) in [5.41, 5.74) is 1.65. The lowest BCUT2D eigenvalue weighted by atomic mass is 10.2. The molecule has 9 nitrogen and oxygen atoms in total. The van der Waals surface area contributed by atoms with Gasteiger partial charge in [-0.3, -0.25) is 15.1 Å². The van der Waals surface area contributed by atoms with Gasteiger partial charge in [-0.15, -0.1) is 20.4 Å². The number of nitrogens with zero attached hydrogens (tertiary/aromatic N) is 6. The molecule has 4 aromatic rings. The second kappa shape index (κ2) is 9.67. The van der Waals surface area contributed by atoms with E-state index in [1.165, 1.54) is 23.1 Å². The SMILES string of the molecule is CCn1c(SCC(=O)Nc2nnc(-c3ccc(OC)cc3)s2)nnc1-c1ccccn1. The van der Waals surface area contributed by atoms with E-state index in [4.69, 9.17) is 4.74 Å². The van der Waals surface area contributed by atoms with Gasteiger partial charge in [0.1, 0.15) is 16.5 Å². The van der Waals surface area contributed by atoms with Gasteiger partial charge in [-0.1, -0.05) is 29.2 Å². The van der Waals surface area contributed by atoms with Crippen molar-refractivity contribution in [2.24, 2.45) is 0 Å². The molecule has 0 aliphatic heterocycles. The molecule has 158 valence electrons. The third-order valence-corrected chi connectivity index (χ3v) is 6.12. The molecule has 11 heteroatoms. The molecule has 0 radical (unpaired) electrons. The Balaban J connectivity index is 1.38. The molecule has 1 N–H and O–H groups in total. The van der Waals surface area contributed by atoms with E-state index in [1.807, 2.05) is 54.0 Å². The van der Waals surface area contributed by atoms with E-state index in [-0.39, 0.29) is 11.7 Å². The number of methoxy groups -OCH3 is 1. The van der Waals surface area contributed by atoms with Gasteiger partial charge in [0, 0.05) is 18.3 Å². The molecule has 3 aromatic heterocycles. The molecule has 31 heavy (non-hydrogen) atoms. The molecule has 0 spiro atoms. The summed E-state index contributed by atoms with van der Waals surface area (Å²) in [6.07, 6.45) is 1.71. The van der Waals surface area contributed by atoms with Gasteiger partial charge in [-0.25, -0.2) is 0 Å². The number of thioether (sulfide) groups is 1. The van der Waals surface area contributed by atoms with Crippen LogP contribution in [0.15, 0.2) is 53.8 Å². The Hall–Kier alpha value is -3.31. The molecule has 4 rings (SSSR count). The van der Waals surface area contributed by atoms with Crippen molar-refractivity contribution >= 4 is 34.1 Å². The molecular formula is C20H19N7O2S2. The Morgan fingerprint density at radius 1 is 1.13 bits per heavy atom. The van der Waals surface area contributed by atoms with Gasteiger partial charge in [0.25, 0.3) is 0 Å². The van der Waals surface area contributed by atoms with Crippen molar-refractivity contribution < 1.29 is 9.53 Å². The van der Waals surface area contributed by atoms with Crippen LogP contribution >= 0.6 is 23.1 Å². The van der Waals surface area contributed by atoms with Crippen molar-refractivity contribution in [1.29, 1.82) is 0 Å². The summed E-state index contributed by atoms with van der Waals surface area (Å²) in [4.78, 5) is 16.7. The third kappa shape index (κ3) is 4.89. The summed E-state index contributed by atoms with van der Waals surface area (Å²) in [7, 11) is 1.62. The van der Waals surface area contributed by atoms with Crippen molar-refractivity contribution in [3.63, 3.8) is 0 Å². The topological polar surface area (TPSA) is 108 Å². The molecular weight excluding hydrogens is 434 g/mol. The first kappa shape index (κ1) is 20.9. The summed E-state index contributed by atoms with van der Waals surface area (Å²) in [5.74, 6) is 1.44. The van der Waals surface area contributed by atoms with Crippen LogP contribution in [0.1, 0.15) is 6.92 Å². The van der Waals surface area contributed by atoms with Gasteiger partial charge < -0.3 is 9.30 Å². The first-order valence-electron chi connectivity index (χ1n) is 9.43. The van der Waals surface area contributed by atoms with E-state index >= 15 is 0 Å². The summed E-state index contributed by atoms with van der Waals surface area (Å²) in [6.45, 7) is 2.67. The Bertz CT molecular complexity index is 1160. The summed E-state index contributed by atoms with van der Waals surface area (Å²) >= 11 is 2.63. The highest BCUT2D eigenvalue weighted by Gasteiger charge is 2.16. The molecule has 1 amide bonds. The number of aromatic nitrogens is 6. The highest BCUT2D eigenvalue weighted by Crippen LogP contribution is 2.28. The maximum atomic E-state index is 12.4. The maximum Gasteiger partial charge on any atom is 0.236 e. The van der Waals surface area contributed by atoms with E-state index in [2.05, 4.69) is 30.7 Å². The molecule has 0 bridgehead atoms. The fourth-order valence-electron chi connectivity index (χ4n) is 2.77. The van der Waals surface area contributed by atoms with Crippen LogP contribution in [0.4, 0.5) is 5.13 Å². The Kier molecular flexibility index (Phi) is 6.53. The maximum absolute atomic E-state index is 12.4. The molecule has 0 fully saturated rings. The zero-order valence-corrected chi connectivity index (χ0v) is 18.5. The van der Waals surface area contributed by atoms with Crippen molar-refractivity contribution in [1.82, 2.24) is 29.9 Å². The average molecular weight is 454 g/mol. The Labute approximate surface area is 186 Å². The van der Waals surface area contributed by atoms with Gasteiger partial charge in [0.2, 0.25) is 11.0 Å². The minimum Gasteiger partial charge on any atom is -0.497 e. The predicted octanol–water partition coefficient (Wildman–Crippen LogP) is 3.62. The zero-order valence-electron chi connectivity index (χ0n) is 16.8. The number of hydrogen-bond acceptors (Lipinski definition) is 9. The number of benzene rings is 1. The van der Waals surface area contributed by atoms with E-state index in [9.17, 15) is 4.79 Å². The van der Waals surface area contributed by atoms with E-state index < -0.39 is 0 Å². The lowest BCUT2D eigenvalue weighted by Crippen LogP contribution is -2.14. The Morgan fingerprint density at radius 2 is 1.97 bits per heavy atom.